The molecule has 0 aliphatic carbocycles. The highest BCUT2D eigenvalue weighted by Crippen LogP contribution is 2.22. The lowest BCUT2D eigenvalue weighted by Gasteiger charge is -2.09. The first-order chi connectivity index (χ1) is 10.1. The number of rotatable bonds is 7. The quantitative estimate of drug-likeness (QED) is 0.814. The van der Waals surface area contributed by atoms with Crippen molar-refractivity contribution in [3.8, 4) is 5.75 Å². The molecule has 0 aliphatic heterocycles. The van der Waals surface area contributed by atoms with Gasteiger partial charge in [0, 0.05) is 7.11 Å². The van der Waals surface area contributed by atoms with E-state index in [4.69, 9.17) is 15.0 Å². The van der Waals surface area contributed by atoms with Crippen LogP contribution in [0.4, 0.5) is 0 Å². The van der Waals surface area contributed by atoms with E-state index >= 15 is 0 Å². The van der Waals surface area contributed by atoms with E-state index in [9.17, 15) is 5.11 Å². The summed E-state index contributed by atoms with van der Waals surface area (Å²) in [5, 5.41) is 13.2. The highest BCUT2D eigenvalue weighted by atomic mass is 16.5. The van der Waals surface area contributed by atoms with E-state index in [1.165, 1.54) is 0 Å². The standard InChI is InChI=1S/C15H21N3O3/c1-3-4-13(20-2)14-17-15(21-18-14)12(16)9-10-5-7-11(19)8-6-10/h5-8,12-13,19H,3-4,9,16H2,1-2H3. The molecule has 0 saturated carbocycles. The van der Waals surface area contributed by atoms with Gasteiger partial charge in [-0.1, -0.05) is 30.6 Å². The van der Waals surface area contributed by atoms with Crippen molar-refractivity contribution in [3.05, 3.63) is 41.5 Å². The lowest BCUT2D eigenvalue weighted by Crippen LogP contribution is -2.14. The molecule has 0 aliphatic rings. The maximum absolute atomic E-state index is 9.26. The highest BCUT2D eigenvalue weighted by Gasteiger charge is 2.20. The van der Waals surface area contributed by atoms with Crippen LogP contribution in [-0.4, -0.2) is 22.4 Å². The average Bonchev–Trinajstić information content (AvgIpc) is 2.97. The number of hydrogen-bond acceptors (Lipinski definition) is 6. The van der Waals surface area contributed by atoms with E-state index < -0.39 is 0 Å². The second-order valence-corrected chi connectivity index (χ2v) is 4.98. The maximum atomic E-state index is 9.26. The molecule has 0 amide bonds. The van der Waals surface area contributed by atoms with Crippen LogP contribution in [0.1, 0.15) is 49.2 Å². The molecule has 2 atom stereocenters. The number of nitrogens with two attached hydrogens (primary N) is 1. The Bertz CT molecular complexity index is 554. The number of nitrogens with zero attached hydrogens (tertiary/aromatic N) is 2. The van der Waals surface area contributed by atoms with Gasteiger partial charge in [-0.15, -0.1) is 0 Å². The number of benzene rings is 1. The van der Waals surface area contributed by atoms with Crippen molar-refractivity contribution in [1.29, 1.82) is 0 Å². The minimum Gasteiger partial charge on any atom is -0.508 e. The molecule has 2 unspecified atom stereocenters. The van der Waals surface area contributed by atoms with E-state index in [0.29, 0.717) is 18.1 Å². The molecular formula is C15H21N3O3. The van der Waals surface area contributed by atoms with E-state index in [-0.39, 0.29) is 17.9 Å². The number of aromatic nitrogens is 2. The van der Waals surface area contributed by atoms with Crippen LogP contribution in [0.5, 0.6) is 5.75 Å². The summed E-state index contributed by atoms with van der Waals surface area (Å²) in [7, 11) is 1.63. The first-order valence-corrected chi connectivity index (χ1v) is 7.03. The normalized spacial score (nSPS) is 14.0. The molecule has 0 spiro atoms. The Labute approximate surface area is 123 Å². The lowest BCUT2D eigenvalue weighted by atomic mass is 10.1. The Morgan fingerprint density at radius 2 is 2.05 bits per heavy atom. The predicted octanol–water partition coefficient (Wildman–Crippen LogP) is 2.51. The van der Waals surface area contributed by atoms with Gasteiger partial charge in [0.05, 0.1) is 6.04 Å². The van der Waals surface area contributed by atoms with Crippen LogP contribution in [0.25, 0.3) is 0 Å². The first kappa shape index (κ1) is 15.5. The topological polar surface area (TPSA) is 94.4 Å². The van der Waals surface area contributed by atoms with Gasteiger partial charge in [0.1, 0.15) is 11.9 Å². The molecule has 6 nitrogen and oxygen atoms in total. The summed E-state index contributed by atoms with van der Waals surface area (Å²) < 4.78 is 10.6. The van der Waals surface area contributed by atoms with Crippen LogP contribution >= 0.6 is 0 Å². The third kappa shape index (κ3) is 4.03. The largest absolute Gasteiger partial charge is 0.508 e. The molecule has 1 aromatic heterocycles. The zero-order valence-corrected chi connectivity index (χ0v) is 12.3. The molecule has 1 heterocycles. The molecule has 3 N–H and O–H groups in total. The molecule has 0 bridgehead atoms. The summed E-state index contributed by atoms with van der Waals surface area (Å²) in [4.78, 5) is 4.34. The van der Waals surface area contributed by atoms with Crippen molar-refractivity contribution < 1.29 is 14.4 Å². The zero-order chi connectivity index (χ0) is 15.2. The fourth-order valence-corrected chi connectivity index (χ4v) is 2.12. The molecule has 0 fully saturated rings. The van der Waals surface area contributed by atoms with Gasteiger partial charge >= 0.3 is 0 Å². The third-order valence-electron chi connectivity index (χ3n) is 3.29. The minimum atomic E-state index is -0.380. The Hall–Kier alpha value is -1.92. The summed E-state index contributed by atoms with van der Waals surface area (Å²) >= 11 is 0. The molecule has 114 valence electrons. The summed E-state index contributed by atoms with van der Waals surface area (Å²) in [5.41, 5.74) is 7.09. The van der Waals surface area contributed by atoms with Crippen molar-refractivity contribution in [3.63, 3.8) is 0 Å². The molecule has 2 aromatic rings. The van der Waals surface area contributed by atoms with Gasteiger partial charge in [-0.2, -0.15) is 4.98 Å². The zero-order valence-electron chi connectivity index (χ0n) is 12.3. The summed E-state index contributed by atoms with van der Waals surface area (Å²) in [5.74, 6) is 1.17. The third-order valence-corrected chi connectivity index (χ3v) is 3.29. The van der Waals surface area contributed by atoms with Crippen LogP contribution in [0.2, 0.25) is 0 Å². The van der Waals surface area contributed by atoms with Crippen molar-refractivity contribution in [2.75, 3.05) is 7.11 Å². The number of hydrogen-bond donors (Lipinski definition) is 2. The molecule has 1 aromatic carbocycles. The fourth-order valence-electron chi connectivity index (χ4n) is 2.12. The maximum Gasteiger partial charge on any atom is 0.243 e. The van der Waals surface area contributed by atoms with E-state index in [1.54, 1.807) is 19.2 Å². The molecular weight excluding hydrogens is 270 g/mol. The van der Waals surface area contributed by atoms with Crippen molar-refractivity contribution in [2.24, 2.45) is 5.73 Å². The number of phenolic OH excluding ortho intramolecular Hbond substituents is 1. The monoisotopic (exact) mass is 291 g/mol. The second kappa shape index (κ2) is 7.19. The van der Waals surface area contributed by atoms with E-state index in [2.05, 4.69) is 17.1 Å². The van der Waals surface area contributed by atoms with Gasteiger partial charge in [0.25, 0.3) is 0 Å². The van der Waals surface area contributed by atoms with Gasteiger partial charge in [-0.25, -0.2) is 0 Å². The fraction of sp³-hybridized carbons (Fsp3) is 0.467. The van der Waals surface area contributed by atoms with Gasteiger partial charge in [-0.3, -0.25) is 0 Å². The SMILES string of the molecule is CCCC(OC)c1noc(C(N)Cc2ccc(O)cc2)n1. The summed E-state index contributed by atoms with van der Waals surface area (Å²) in [6, 6.07) is 6.52. The van der Waals surface area contributed by atoms with Crippen LogP contribution < -0.4 is 5.73 Å². The summed E-state index contributed by atoms with van der Waals surface area (Å²) in [6.07, 6.45) is 2.21. The highest BCUT2D eigenvalue weighted by molar-refractivity contribution is 5.26. The van der Waals surface area contributed by atoms with Gasteiger partial charge in [-0.05, 0) is 30.5 Å². The van der Waals surface area contributed by atoms with E-state index in [0.717, 1.165) is 18.4 Å². The molecule has 21 heavy (non-hydrogen) atoms. The number of ether oxygens (including phenoxy) is 1. The number of phenols is 1. The van der Waals surface area contributed by atoms with Crippen molar-refractivity contribution in [1.82, 2.24) is 10.1 Å². The molecule has 0 radical (unpaired) electrons. The molecule has 0 saturated heterocycles. The van der Waals surface area contributed by atoms with Crippen molar-refractivity contribution >= 4 is 0 Å². The van der Waals surface area contributed by atoms with Crippen LogP contribution in [0.15, 0.2) is 28.8 Å². The summed E-state index contributed by atoms with van der Waals surface area (Å²) in [6.45, 7) is 2.07. The van der Waals surface area contributed by atoms with Crippen LogP contribution in [0, 0.1) is 0 Å². The Balaban J connectivity index is 2.04. The van der Waals surface area contributed by atoms with Gasteiger partial charge in [0.2, 0.25) is 11.7 Å². The van der Waals surface area contributed by atoms with Gasteiger partial charge in [0.15, 0.2) is 0 Å². The Kier molecular flexibility index (Phi) is 5.30. The Morgan fingerprint density at radius 3 is 2.67 bits per heavy atom. The second-order valence-electron chi connectivity index (χ2n) is 4.98. The van der Waals surface area contributed by atoms with Crippen LogP contribution in [-0.2, 0) is 11.2 Å². The Morgan fingerprint density at radius 1 is 1.33 bits per heavy atom. The first-order valence-electron chi connectivity index (χ1n) is 7.03. The average molecular weight is 291 g/mol. The van der Waals surface area contributed by atoms with Crippen LogP contribution in [0.3, 0.4) is 0 Å². The van der Waals surface area contributed by atoms with Gasteiger partial charge < -0.3 is 20.1 Å². The smallest absolute Gasteiger partial charge is 0.243 e. The predicted molar refractivity (Wildman–Crippen MR) is 77.7 cm³/mol. The van der Waals surface area contributed by atoms with E-state index in [1.807, 2.05) is 12.1 Å². The molecule has 6 heteroatoms. The number of aromatic hydroxyl groups is 1. The number of methoxy groups -OCH3 is 1. The minimum absolute atomic E-state index is 0.159. The lowest BCUT2D eigenvalue weighted by molar-refractivity contribution is 0.0854. The van der Waals surface area contributed by atoms with Crippen molar-refractivity contribution in [2.45, 2.75) is 38.3 Å². The molecule has 2 rings (SSSR count).